The van der Waals surface area contributed by atoms with Crippen LogP contribution in [0.3, 0.4) is 0 Å². The molecule has 0 aromatic heterocycles. The summed E-state index contributed by atoms with van der Waals surface area (Å²) >= 11 is 0. The van der Waals surface area contributed by atoms with Gasteiger partial charge in [-0.05, 0) is 19.3 Å². The van der Waals surface area contributed by atoms with Crippen molar-refractivity contribution in [3.8, 4) is 0 Å². The van der Waals surface area contributed by atoms with Crippen molar-refractivity contribution in [2.24, 2.45) is 0 Å². The quantitative estimate of drug-likeness (QED) is 0.576. The van der Waals surface area contributed by atoms with Crippen LogP contribution in [0.25, 0.3) is 0 Å². The second-order valence-electron chi connectivity index (χ2n) is 6.14. The van der Waals surface area contributed by atoms with Crippen molar-refractivity contribution in [1.29, 1.82) is 0 Å². The maximum atomic E-state index is 9.92. The molecule has 4 nitrogen and oxygen atoms in total. The molecule has 1 aliphatic rings. The summed E-state index contributed by atoms with van der Waals surface area (Å²) in [5.74, 6) is 0. The molecule has 21 heavy (non-hydrogen) atoms. The zero-order valence-electron chi connectivity index (χ0n) is 13.8. The molecule has 1 rings (SSSR count). The Morgan fingerprint density at radius 3 is 2.38 bits per heavy atom. The molecule has 4 heteroatoms. The van der Waals surface area contributed by atoms with Crippen LogP contribution in [0.2, 0.25) is 0 Å². The Hall–Kier alpha value is -0.160. The SMILES string of the molecule is CCCCOCCOCC(O)CNC1CCCCCCC1. The predicted octanol–water partition coefficient (Wildman–Crippen LogP) is 2.88. The molecule has 0 heterocycles. The van der Waals surface area contributed by atoms with Crippen LogP contribution in [0.4, 0.5) is 0 Å². The standard InChI is InChI=1S/C17H35NO3/c1-2-3-11-20-12-13-21-15-17(19)14-18-16-9-7-5-4-6-8-10-16/h16-19H,2-15H2,1H3. The van der Waals surface area contributed by atoms with E-state index in [1.807, 2.05) is 0 Å². The van der Waals surface area contributed by atoms with Crippen LogP contribution >= 0.6 is 0 Å². The highest BCUT2D eigenvalue weighted by Crippen LogP contribution is 2.16. The molecule has 1 fully saturated rings. The topological polar surface area (TPSA) is 50.7 Å². The van der Waals surface area contributed by atoms with Gasteiger partial charge in [0.25, 0.3) is 0 Å². The van der Waals surface area contributed by atoms with E-state index in [9.17, 15) is 5.11 Å². The zero-order valence-corrected chi connectivity index (χ0v) is 13.8. The number of rotatable bonds is 11. The molecule has 0 saturated heterocycles. The molecule has 1 unspecified atom stereocenters. The van der Waals surface area contributed by atoms with E-state index in [1.54, 1.807) is 0 Å². The molecule has 0 aliphatic heterocycles. The maximum absolute atomic E-state index is 9.92. The summed E-state index contributed by atoms with van der Waals surface area (Å²) < 4.78 is 10.9. The van der Waals surface area contributed by atoms with Gasteiger partial charge in [0.1, 0.15) is 0 Å². The van der Waals surface area contributed by atoms with Crippen LogP contribution in [0.15, 0.2) is 0 Å². The Balaban J connectivity index is 1.93. The number of unbranched alkanes of at least 4 members (excludes halogenated alkanes) is 1. The summed E-state index contributed by atoms with van der Waals surface area (Å²) in [6.45, 7) is 5.20. The highest BCUT2D eigenvalue weighted by Gasteiger charge is 2.12. The minimum absolute atomic E-state index is 0.400. The van der Waals surface area contributed by atoms with Crippen LogP contribution in [0.1, 0.15) is 64.7 Å². The zero-order chi connectivity index (χ0) is 15.2. The summed E-state index contributed by atoms with van der Waals surface area (Å²) in [7, 11) is 0. The first kappa shape index (κ1) is 18.9. The second kappa shape index (κ2) is 13.5. The van der Waals surface area contributed by atoms with E-state index in [2.05, 4.69) is 12.2 Å². The number of hydrogen-bond acceptors (Lipinski definition) is 4. The molecule has 126 valence electrons. The molecule has 0 radical (unpaired) electrons. The number of nitrogens with one attached hydrogen (secondary N) is 1. The van der Waals surface area contributed by atoms with E-state index in [0.717, 1.165) is 19.4 Å². The molecule has 1 saturated carbocycles. The highest BCUT2D eigenvalue weighted by molar-refractivity contribution is 4.71. The molecule has 1 aliphatic carbocycles. The predicted molar refractivity (Wildman–Crippen MR) is 86.7 cm³/mol. The molecular weight excluding hydrogens is 266 g/mol. The Morgan fingerprint density at radius 2 is 1.67 bits per heavy atom. The summed E-state index contributed by atoms with van der Waals surface area (Å²) in [6.07, 6.45) is 11.1. The van der Waals surface area contributed by atoms with Crippen molar-refractivity contribution in [3.05, 3.63) is 0 Å². The van der Waals surface area contributed by atoms with Crippen LogP contribution in [-0.4, -0.2) is 50.2 Å². The third-order valence-corrected chi connectivity index (χ3v) is 4.07. The maximum Gasteiger partial charge on any atom is 0.0897 e. The van der Waals surface area contributed by atoms with Gasteiger partial charge in [-0.1, -0.05) is 45.4 Å². The lowest BCUT2D eigenvalue weighted by molar-refractivity contribution is 0.00299. The van der Waals surface area contributed by atoms with Gasteiger partial charge in [0.2, 0.25) is 0 Å². The Bertz CT molecular complexity index is 218. The van der Waals surface area contributed by atoms with E-state index in [0.29, 0.717) is 32.4 Å². The van der Waals surface area contributed by atoms with Gasteiger partial charge in [0.05, 0.1) is 25.9 Å². The summed E-state index contributed by atoms with van der Waals surface area (Å²) in [4.78, 5) is 0. The molecule has 0 amide bonds. The van der Waals surface area contributed by atoms with Gasteiger partial charge in [-0.15, -0.1) is 0 Å². The van der Waals surface area contributed by atoms with Gasteiger partial charge in [0.15, 0.2) is 0 Å². The first-order valence-corrected chi connectivity index (χ1v) is 8.90. The minimum atomic E-state index is -0.411. The highest BCUT2D eigenvalue weighted by atomic mass is 16.5. The first-order chi connectivity index (χ1) is 10.3. The molecule has 0 aromatic rings. The fourth-order valence-corrected chi connectivity index (χ4v) is 2.71. The number of aliphatic hydroxyl groups excluding tert-OH is 1. The lowest BCUT2D eigenvalue weighted by Gasteiger charge is -2.22. The average molecular weight is 301 g/mol. The van der Waals surface area contributed by atoms with Crippen LogP contribution < -0.4 is 5.32 Å². The number of ether oxygens (including phenoxy) is 2. The molecule has 2 N–H and O–H groups in total. The normalized spacial score (nSPS) is 19.1. The fraction of sp³-hybridized carbons (Fsp3) is 1.00. The monoisotopic (exact) mass is 301 g/mol. The van der Waals surface area contributed by atoms with E-state index in [-0.39, 0.29) is 0 Å². The third kappa shape index (κ3) is 11.1. The van der Waals surface area contributed by atoms with Crippen LogP contribution in [0.5, 0.6) is 0 Å². The summed E-state index contributed by atoms with van der Waals surface area (Å²) in [5, 5.41) is 13.4. The Morgan fingerprint density at radius 1 is 1.00 bits per heavy atom. The molecule has 1 atom stereocenters. The lowest BCUT2D eigenvalue weighted by Crippen LogP contribution is -2.38. The average Bonchev–Trinajstić information content (AvgIpc) is 2.45. The second-order valence-corrected chi connectivity index (χ2v) is 6.14. The number of aliphatic hydroxyl groups is 1. The molecule has 0 bridgehead atoms. The third-order valence-electron chi connectivity index (χ3n) is 4.07. The summed E-state index contributed by atoms with van der Waals surface area (Å²) in [5.41, 5.74) is 0. The van der Waals surface area contributed by atoms with Gasteiger partial charge >= 0.3 is 0 Å². The minimum Gasteiger partial charge on any atom is -0.389 e. The number of hydrogen-bond donors (Lipinski definition) is 2. The van der Waals surface area contributed by atoms with E-state index in [1.165, 1.54) is 44.9 Å². The van der Waals surface area contributed by atoms with Gasteiger partial charge < -0.3 is 19.9 Å². The first-order valence-electron chi connectivity index (χ1n) is 8.90. The molecule has 0 aromatic carbocycles. The van der Waals surface area contributed by atoms with E-state index < -0.39 is 6.10 Å². The van der Waals surface area contributed by atoms with Crippen molar-refractivity contribution in [1.82, 2.24) is 5.32 Å². The van der Waals surface area contributed by atoms with Crippen LogP contribution in [-0.2, 0) is 9.47 Å². The largest absolute Gasteiger partial charge is 0.389 e. The summed E-state index contributed by atoms with van der Waals surface area (Å²) in [6, 6.07) is 0.581. The van der Waals surface area contributed by atoms with E-state index in [4.69, 9.17) is 9.47 Å². The van der Waals surface area contributed by atoms with Crippen molar-refractivity contribution < 1.29 is 14.6 Å². The molecule has 0 spiro atoms. The van der Waals surface area contributed by atoms with Gasteiger partial charge in [-0.2, -0.15) is 0 Å². The smallest absolute Gasteiger partial charge is 0.0897 e. The van der Waals surface area contributed by atoms with Gasteiger partial charge in [-0.25, -0.2) is 0 Å². The Labute approximate surface area is 130 Å². The van der Waals surface area contributed by atoms with Gasteiger partial charge in [-0.3, -0.25) is 0 Å². The lowest BCUT2D eigenvalue weighted by atomic mass is 9.97. The van der Waals surface area contributed by atoms with Crippen molar-refractivity contribution in [2.45, 2.75) is 76.9 Å². The van der Waals surface area contributed by atoms with Crippen molar-refractivity contribution >= 4 is 0 Å². The molecular formula is C17H35NO3. The Kier molecular flexibility index (Phi) is 12.1. The van der Waals surface area contributed by atoms with E-state index >= 15 is 0 Å². The van der Waals surface area contributed by atoms with Gasteiger partial charge in [0, 0.05) is 19.2 Å². The van der Waals surface area contributed by atoms with Crippen molar-refractivity contribution in [2.75, 3.05) is 33.0 Å². The van der Waals surface area contributed by atoms with Crippen molar-refractivity contribution in [3.63, 3.8) is 0 Å². The fourth-order valence-electron chi connectivity index (χ4n) is 2.71. The van der Waals surface area contributed by atoms with Crippen LogP contribution in [0, 0.1) is 0 Å².